The van der Waals surface area contributed by atoms with E-state index in [1.165, 1.54) is 0 Å². The highest BCUT2D eigenvalue weighted by atomic mass is 32.2. The molecule has 0 aromatic heterocycles. The number of nitrogens with zero attached hydrogens (tertiary/aromatic N) is 1. The molecule has 1 aliphatic rings. The van der Waals surface area contributed by atoms with Gasteiger partial charge in [-0.1, -0.05) is 0 Å². The summed E-state index contributed by atoms with van der Waals surface area (Å²) in [5.41, 5.74) is 0. The van der Waals surface area contributed by atoms with Gasteiger partial charge in [0.1, 0.15) is 6.04 Å². The van der Waals surface area contributed by atoms with Gasteiger partial charge in [0.15, 0.2) is 0 Å². The molecule has 3 nitrogen and oxygen atoms in total. The minimum absolute atomic E-state index is 0.0248. The first-order chi connectivity index (χ1) is 5.23. The van der Waals surface area contributed by atoms with Crippen molar-refractivity contribution in [3.63, 3.8) is 0 Å². The molecule has 0 saturated carbocycles. The van der Waals surface area contributed by atoms with Crippen LogP contribution in [0.1, 0.15) is 6.42 Å². The number of halogens is 3. The zero-order valence-corrected chi connectivity index (χ0v) is 7.11. The van der Waals surface area contributed by atoms with Crippen LogP contribution < -0.4 is 0 Å². The third kappa shape index (κ3) is 1.71. The van der Waals surface area contributed by atoms with E-state index in [2.05, 4.69) is 0 Å². The van der Waals surface area contributed by atoms with Gasteiger partial charge in [-0.3, -0.25) is 0 Å². The highest BCUT2D eigenvalue weighted by Crippen LogP contribution is 2.34. The summed E-state index contributed by atoms with van der Waals surface area (Å²) in [5.74, 6) is 0. The average Bonchev–Trinajstić information content (AvgIpc) is 1.46. The molecule has 0 radical (unpaired) electrons. The molecule has 1 fully saturated rings. The van der Waals surface area contributed by atoms with Crippen LogP contribution in [0.4, 0.5) is 13.2 Å². The van der Waals surface area contributed by atoms with Gasteiger partial charge >= 0.3 is 6.18 Å². The second-order valence-corrected chi connectivity index (χ2v) is 4.65. The Balaban J connectivity index is 2.75. The lowest BCUT2D eigenvalue weighted by molar-refractivity contribution is -0.192. The molecular formula is C5H8F3NO2S. The Bertz CT molecular complexity index is 271. The van der Waals surface area contributed by atoms with Crippen molar-refractivity contribution >= 4 is 10.0 Å². The van der Waals surface area contributed by atoms with E-state index in [0.29, 0.717) is 4.31 Å². The van der Waals surface area contributed by atoms with Crippen LogP contribution in [0.5, 0.6) is 0 Å². The van der Waals surface area contributed by atoms with E-state index in [0.717, 1.165) is 6.26 Å². The fourth-order valence-corrected chi connectivity index (χ4v) is 2.21. The Kier molecular flexibility index (Phi) is 2.12. The summed E-state index contributed by atoms with van der Waals surface area (Å²) in [4.78, 5) is 0. The van der Waals surface area contributed by atoms with E-state index >= 15 is 0 Å². The van der Waals surface area contributed by atoms with Gasteiger partial charge < -0.3 is 0 Å². The minimum atomic E-state index is -4.43. The third-order valence-electron chi connectivity index (χ3n) is 1.77. The first-order valence-corrected chi connectivity index (χ1v) is 5.11. The normalized spacial score (nSPS) is 26.8. The SMILES string of the molecule is CS(=O)(=O)N1CCC1C(F)(F)F. The van der Waals surface area contributed by atoms with Gasteiger partial charge in [-0.05, 0) is 6.42 Å². The number of hydrogen-bond acceptors (Lipinski definition) is 2. The van der Waals surface area contributed by atoms with Crippen molar-refractivity contribution in [2.75, 3.05) is 12.8 Å². The van der Waals surface area contributed by atoms with Crippen LogP contribution in [0.15, 0.2) is 0 Å². The maximum atomic E-state index is 12.0. The summed E-state index contributed by atoms with van der Waals surface area (Å²) in [6.45, 7) is -0.0248. The number of alkyl halides is 3. The van der Waals surface area contributed by atoms with Crippen molar-refractivity contribution in [3.8, 4) is 0 Å². The predicted molar refractivity (Wildman–Crippen MR) is 36.0 cm³/mol. The molecule has 0 amide bonds. The van der Waals surface area contributed by atoms with Crippen LogP contribution in [0, 0.1) is 0 Å². The van der Waals surface area contributed by atoms with Crippen LogP contribution >= 0.6 is 0 Å². The van der Waals surface area contributed by atoms with E-state index in [-0.39, 0.29) is 13.0 Å². The van der Waals surface area contributed by atoms with Gasteiger partial charge in [0.2, 0.25) is 10.0 Å². The second kappa shape index (κ2) is 2.59. The van der Waals surface area contributed by atoms with Crippen molar-refractivity contribution in [2.24, 2.45) is 0 Å². The van der Waals surface area contributed by atoms with Gasteiger partial charge in [-0.2, -0.15) is 17.5 Å². The van der Waals surface area contributed by atoms with Crippen molar-refractivity contribution < 1.29 is 21.6 Å². The largest absolute Gasteiger partial charge is 0.405 e. The lowest BCUT2D eigenvalue weighted by atomic mass is 10.1. The van der Waals surface area contributed by atoms with Crippen molar-refractivity contribution in [3.05, 3.63) is 0 Å². The van der Waals surface area contributed by atoms with Crippen LogP contribution in [-0.4, -0.2) is 37.7 Å². The molecule has 1 atom stereocenters. The summed E-state index contributed by atoms with van der Waals surface area (Å²) < 4.78 is 57.8. The third-order valence-corrected chi connectivity index (χ3v) is 3.06. The first kappa shape index (κ1) is 9.79. The number of hydrogen-bond donors (Lipinski definition) is 0. The molecule has 1 unspecified atom stereocenters. The summed E-state index contributed by atoms with van der Waals surface area (Å²) in [5, 5.41) is 0. The Morgan fingerprint density at radius 1 is 1.42 bits per heavy atom. The molecule has 1 saturated heterocycles. The molecule has 0 spiro atoms. The highest BCUT2D eigenvalue weighted by Gasteiger charge is 2.52. The standard InChI is InChI=1S/C5H8F3NO2S/c1-12(10,11)9-3-2-4(9)5(6,7)8/h4H,2-3H2,1H3. The van der Waals surface area contributed by atoms with Crippen molar-refractivity contribution in [1.82, 2.24) is 4.31 Å². The molecule has 1 rings (SSSR count). The Hall–Kier alpha value is -0.300. The topological polar surface area (TPSA) is 37.4 Å². The summed E-state index contributed by atoms with van der Waals surface area (Å²) in [6, 6.07) is -1.80. The smallest absolute Gasteiger partial charge is 0.212 e. The van der Waals surface area contributed by atoms with Gasteiger partial charge in [0.25, 0.3) is 0 Å². The first-order valence-electron chi connectivity index (χ1n) is 3.26. The predicted octanol–water partition coefficient (Wildman–Crippen LogP) is 0.583. The molecule has 1 heterocycles. The molecular weight excluding hydrogens is 195 g/mol. The molecule has 72 valence electrons. The molecule has 0 aromatic carbocycles. The van der Waals surface area contributed by atoms with E-state index in [1.54, 1.807) is 0 Å². The van der Waals surface area contributed by atoms with Crippen LogP contribution in [-0.2, 0) is 10.0 Å². The van der Waals surface area contributed by atoms with Gasteiger partial charge in [-0.25, -0.2) is 8.42 Å². The highest BCUT2D eigenvalue weighted by molar-refractivity contribution is 7.88. The Labute approximate surface area is 68.2 Å². The van der Waals surface area contributed by atoms with Crippen molar-refractivity contribution in [2.45, 2.75) is 18.6 Å². The minimum Gasteiger partial charge on any atom is -0.212 e. The van der Waals surface area contributed by atoms with E-state index in [1.807, 2.05) is 0 Å². The monoisotopic (exact) mass is 203 g/mol. The van der Waals surface area contributed by atoms with Crippen LogP contribution in [0.3, 0.4) is 0 Å². The lowest BCUT2D eigenvalue weighted by Crippen LogP contribution is -2.57. The zero-order valence-electron chi connectivity index (χ0n) is 6.30. The summed E-state index contributed by atoms with van der Waals surface area (Å²) >= 11 is 0. The van der Waals surface area contributed by atoms with Crippen LogP contribution in [0.2, 0.25) is 0 Å². The molecule has 0 N–H and O–H groups in total. The molecule has 0 bridgehead atoms. The van der Waals surface area contributed by atoms with Gasteiger partial charge in [-0.15, -0.1) is 0 Å². The zero-order chi connectivity index (χ0) is 9.57. The van der Waals surface area contributed by atoms with E-state index in [9.17, 15) is 21.6 Å². The maximum absolute atomic E-state index is 12.0. The fourth-order valence-electron chi connectivity index (χ4n) is 1.09. The molecule has 1 aliphatic heterocycles. The summed E-state index contributed by atoms with van der Waals surface area (Å²) in [7, 11) is -3.69. The van der Waals surface area contributed by atoms with E-state index < -0.39 is 22.2 Å². The maximum Gasteiger partial charge on any atom is 0.405 e. The molecule has 0 aromatic rings. The quantitative estimate of drug-likeness (QED) is 0.625. The fraction of sp³-hybridized carbons (Fsp3) is 1.00. The lowest BCUT2D eigenvalue weighted by Gasteiger charge is -2.39. The molecule has 12 heavy (non-hydrogen) atoms. The van der Waals surface area contributed by atoms with Gasteiger partial charge in [0, 0.05) is 6.54 Å². The number of sulfonamides is 1. The van der Waals surface area contributed by atoms with Crippen LogP contribution in [0.25, 0.3) is 0 Å². The summed E-state index contributed by atoms with van der Waals surface area (Å²) in [6.07, 6.45) is -3.78. The Morgan fingerprint density at radius 2 is 1.92 bits per heavy atom. The average molecular weight is 203 g/mol. The molecule has 7 heteroatoms. The van der Waals surface area contributed by atoms with Crippen molar-refractivity contribution in [1.29, 1.82) is 0 Å². The second-order valence-electron chi connectivity index (χ2n) is 2.72. The Morgan fingerprint density at radius 3 is 2.00 bits per heavy atom. The van der Waals surface area contributed by atoms with E-state index in [4.69, 9.17) is 0 Å². The number of rotatable bonds is 1. The van der Waals surface area contributed by atoms with Gasteiger partial charge in [0.05, 0.1) is 6.26 Å². The molecule has 0 aliphatic carbocycles.